The van der Waals surface area contributed by atoms with Gasteiger partial charge in [0.05, 0.1) is 17.9 Å². The van der Waals surface area contributed by atoms with Crippen LogP contribution in [0.4, 0.5) is 11.4 Å². The van der Waals surface area contributed by atoms with Crippen molar-refractivity contribution in [1.82, 2.24) is 0 Å². The average Bonchev–Trinajstić information content (AvgIpc) is 2.65. The lowest BCUT2D eigenvalue weighted by atomic mass is 10.2. The minimum Gasteiger partial charge on any atom is -0.492 e. The molecule has 1 N–H and O–H groups in total. The van der Waals surface area contributed by atoms with Gasteiger partial charge >= 0.3 is 0 Å². The predicted octanol–water partition coefficient (Wildman–Crippen LogP) is 3.96. The second kappa shape index (κ2) is 6.92. The van der Waals surface area contributed by atoms with E-state index in [0.717, 1.165) is 17.1 Å². The molecule has 120 valence electrons. The van der Waals surface area contributed by atoms with Crippen LogP contribution in [0.25, 0.3) is 0 Å². The summed E-state index contributed by atoms with van der Waals surface area (Å²) in [4.78, 5) is 14.3. The molecule has 4 nitrogen and oxygen atoms in total. The molecule has 0 spiro atoms. The third-order valence-electron chi connectivity index (χ3n) is 3.78. The Morgan fingerprint density at radius 3 is 2.74 bits per heavy atom. The van der Waals surface area contributed by atoms with Crippen molar-refractivity contribution in [2.24, 2.45) is 0 Å². The van der Waals surface area contributed by atoms with Crippen LogP contribution >= 0.6 is 11.6 Å². The second-order valence-electron chi connectivity index (χ2n) is 5.61. The molecule has 1 unspecified atom stereocenters. The molecule has 1 amide bonds. The van der Waals surface area contributed by atoms with Gasteiger partial charge in [0.2, 0.25) is 5.91 Å². The molecule has 3 rings (SSSR count). The molecule has 1 aliphatic rings. The Kier molecular flexibility index (Phi) is 4.72. The normalized spacial score (nSPS) is 17.2. The van der Waals surface area contributed by atoms with Crippen molar-refractivity contribution in [3.05, 3.63) is 53.6 Å². The maximum atomic E-state index is 12.5. The van der Waals surface area contributed by atoms with Crippen LogP contribution in [0, 0.1) is 0 Å². The van der Waals surface area contributed by atoms with Crippen LogP contribution in [-0.4, -0.2) is 25.1 Å². The smallest absolute Gasteiger partial charge is 0.229 e. The summed E-state index contributed by atoms with van der Waals surface area (Å²) >= 11 is 5.86. The van der Waals surface area contributed by atoms with E-state index in [9.17, 15) is 4.79 Å². The van der Waals surface area contributed by atoms with Gasteiger partial charge < -0.3 is 15.0 Å². The van der Waals surface area contributed by atoms with Crippen LogP contribution in [0.5, 0.6) is 5.75 Å². The monoisotopic (exact) mass is 330 g/mol. The van der Waals surface area contributed by atoms with Crippen molar-refractivity contribution in [3.8, 4) is 5.75 Å². The number of anilines is 2. The van der Waals surface area contributed by atoms with Gasteiger partial charge in [0.1, 0.15) is 12.4 Å². The highest BCUT2D eigenvalue weighted by Crippen LogP contribution is 2.30. The van der Waals surface area contributed by atoms with Crippen LogP contribution in [0.3, 0.4) is 0 Å². The molecule has 0 fully saturated rings. The molecule has 1 heterocycles. The standard InChI is InChI=1S/C18H19ClN2O2/c1-13-12-18(22)21(17-5-3-2-4-16(17)20-13)10-11-23-15-8-6-14(19)7-9-15/h2-9,13,20H,10-12H2,1H3. The van der Waals surface area contributed by atoms with Crippen LogP contribution in [0.2, 0.25) is 5.02 Å². The van der Waals surface area contributed by atoms with E-state index in [0.29, 0.717) is 24.6 Å². The van der Waals surface area contributed by atoms with Gasteiger partial charge in [-0.2, -0.15) is 0 Å². The minimum absolute atomic E-state index is 0.106. The van der Waals surface area contributed by atoms with Crippen LogP contribution in [0.1, 0.15) is 13.3 Å². The zero-order chi connectivity index (χ0) is 16.2. The number of carbonyl (C=O) groups excluding carboxylic acids is 1. The molecule has 1 aliphatic heterocycles. The number of amides is 1. The Morgan fingerprint density at radius 1 is 1.22 bits per heavy atom. The number of fused-ring (bicyclic) bond motifs is 1. The number of carbonyl (C=O) groups is 1. The molecule has 2 aromatic rings. The summed E-state index contributed by atoms with van der Waals surface area (Å²) in [5.74, 6) is 0.853. The van der Waals surface area contributed by atoms with Gasteiger partial charge in [0.25, 0.3) is 0 Å². The molecule has 0 saturated carbocycles. The minimum atomic E-state index is 0.106. The topological polar surface area (TPSA) is 41.6 Å². The third kappa shape index (κ3) is 3.77. The largest absolute Gasteiger partial charge is 0.492 e. The highest BCUT2D eigenvalue weighted by atomic mass is 35.5. The predicted molar refractivity (Wildman–Crippen MR) is 93.4 cm³/mol. The van der Waals surface area contributed by atoms with Gasteiger partial charge in [-0.25, -0.2) is 0 Å². The van der Waals surface area contributed by atoms with E-state index in [2.05, 4.69) is 5.32 Å². The molecule has 0 saturated heterocycles. The second-order valence-corrected chi connectivity index (χ2v) is 6.05. The molecule has 0 bridgehead atoms. The molecule has 23 heavy (non-hydrogen) atoms. The number of halogens is 1. The number of benzene rings is 2. The summed E-state index contributed by atoms with van der Waals surface area (Å²) in [6.07, 6.45) is 0.468. The molecular weight excluding hydrogens is 312 g/mol. The summed E-state index contributed by atoms with van der Waals surface area (Å²) < 4.78 is 5.72. The summed E-state index contributed by atoms with van der Waals surface area (Å²) in [6.45, 7) is 2.95. The Morgan fingerprint density at radius 2 is 1.96 bits per heavy atom. The Bertz CT molecular complexity index is 688. The average molecular weight is 331 g/mol. The maximum Gasteiger partial charge on any atom is 0.229 e. The molecule has 5 heteroatoms. The number of ether oxygens (including phenoxy) is 1. The van der Waals surface area contributed by atoms with Gasteiger partial charge in [-0.1, -0.05) is 23.7 Å². The van der Waals surface area contributed by atoms with Gasteiger partial charge in [0.15, 0.2) is 0 Å². The van der Waals surface area contributed by atoms with Crippen molar-refractivity contribution < 1.29 is 9.53 Å². The van der Waals surface area contributed by atoms with Gasteiger partial charge in [-0.05, 0) is 43.3 Å². The summed E-state index contributed by atoms with van der Waals surface area (Å²) in [6, 6.07) is 15.2. The molecule has 1 atom stereocenters. The van der Waals surface area contributed by atoms with Crippen LogP contribution < -0.4 is 15.0 Å². The highest BCUT2D eigenvalue weighted by Gasteiger charge is 2.24. The molecular formula is C18H19ClN2O2. The summed E-state index contributed by atoms with van der Waals surface area (Å²) in [5.41, 5.74) is 1.89. The van der Waals surface area contributed by atoms with Crippen molar-refractivity contribution >= 4 is 28.9 Å². The first-order valence-corrected chi connectivity index (χ1v) is 8.05. The summed E-state index contributed by atoms with van der Waals surface area (Å²) in [7, 11) is 0. The van der Waals surface area contributed by atoms with E-state index in [1.54, 1.807) is 17.0 Å². The number of hydrogen-bond acceptors (Lipinski definition) is 3. The van der Waals surface area contributed by atoms with Crippen LogP contribution in [0.15, 0.2) is 48.5 Å². The van der Waals surface area contributed by atoms with E-state index in [1.807, 2.05) is 43.3 Å². The third-order valence-corrected chi connectivity index (χ3v) is 4.03. The van der Waals surface area contributed by atoms with Crippen LogP contribution in [-0.2, 0) is 4.79 Å². The first-order valence-electron chi connectivity index (χ1n) is 7.68. The molecule has 0 radical (unpaired) electrons. The fourth-order valence-electron chi connectivity index (χ4n) is 2.68. The first-order chi connectivity index (χ1) is 11.1. The number of nitrogens with zero attached hydrogens (tertiary/aromatic N) is 1. The lowest BCUT2D eigenvalue weighted by molar-refractivity contribution is -0.118. The van der Waals surface area contributed by atoms with Gasteiger partial charge in [-0.3, -0.25) is 4.79 Å². The number of rotatable bonds is 4. The van der Waals surface area contributed by atoms with Gasteiger partial charge in [0, 0.05) is 17.5 Å². The highest BCUT2D eigenvalue weighted by molar-refractivity contribution is 6.30. The lowest BCUT2D eigenvalue weighted by Gasteiger charge is -2.22. The number of hydrogen-bond donors (Lipinski definition) is 1. The van der Waals surface area contributed by atoms with E-state index >= 15 is 0 Å². The molecule has 0 aromatic heterocycles. The lowest BCUT2D eigenvalue weighted by Crippen LogP contribution is -2.35. The van der Waals surface area contributed by atoms with E-state index < -0.39 is 0 Å². The van der Waals surface area contributed by atoms with E-state index in [-0.39, 0.29) is 11.9 Å². The quantitative estimate of drug-likeness (QED) is 0.922. The molecule has 2 aromatic carbocycles. The zero-order valence-electron chi connectivity index (χ0n) is 13.0. The number of nitrogens with one attached hydrogen (secondary N) is 1. The summed E-state index contributed by atoms with van der Waals surface area (Å²) in [5, 5.41) is 4.05. The van der Waals surface area contributed by atoms with E-state index in [4.69, 9.17) is 16.3 Å². The van der Waals surface area contributed by atoms with Gasteiger partial charge in [-0.15, -0.1) is 0 Å². The number of para-hydroxylation sites is 2. The maximum absolute atomic E-state index is 12.5. The van der Waals surface area contributed by atoms with Crippen molar-refractivity contribution in [1.29, 1.82) is 0 Å². The molecule has 0 aliphatic carbocycles. The Hall–Kier alpha value is -2.20. The first kappa shape index (κ1) is 15.7. The SMILES string of the molecule is CC1CC(=O)N(CCOc2ccc(Cl)cc2)c2ccccc2N1. The van der Waals surface area contributed by atoms with Crippen molar-refractivity contribution in [2.75, 3.05) is 23.4 Å². The zero-order valence-corrected chi connectivity index (χ0v) is 13.7. The van der Waals surface area contributed by atoms with Crippen molar-refractivity contribution in [2.45, 2.75) is 19.4 Å². The van der Waals surface area contributed by atoms with E-state index in [1.165, 1.54) is 0 Å². The fraction of sp³-hybridized carbons (Fsp3) is 0.278. The Balaban J connectivity index is 1.70. The van der Waals surface area contributed by atoms with Crippen molar-refractivity contribution in [3.63, 3.8) is 0 Å². The Labute approximate surface area is 141 Å². The fourth-order valence-corrected chi connectivity index (χ4v) is 2.81.